The van der Waals surface area contributed by atoms with E-state index in [1.807, 2.05) is 0 Å². The Labute approximate surface area is 154 Å². The molecule has 2 unspecified atom stereocenters. The molecule has 0 radical (unpaired) electrons. The van der Waals surface area contributed by atoms with Crippen LogP contribution in [0.3, 0.4) is 0 Å². The maximum Gasteiger partial charge on any atom is 0.337 e. The number of fused-ring (bicyclic) bond motifs is 1. The number of non-ortho nitro benzene ring substituents is 1. The number of aliphatic hydroxyl groups is 1. The van der Waals surface area contributed by atoms with Gasteiger partial charge in [0.05, 0.1) is 28.3 Å². The standard InChI is InChI=1S/C18H17ClN2O5/c1-18(2)15(9-4-3-5-11(6-9)21(25)26)20-14-12(16(18)22)7-10(19)8-13(14)17(23)24/h3-8,15-16,20,22H,1-2H3,(H,23,24). The molecule has 8 heteroatoms. The number of nitrogens with one attached hydrogen (secondary N) is 1. The Morgan fingerprint density at radius 3 is 2.62 bits per heavy atom. The Bertz CT molecular complexity index is 912. The molecular weight excluding hydrogens is 360 g/mol. The fraction of sp³-hybridized carbons (Fsp3) is 0.278. The van der Waals surface area contributed by atoms with Crippen molar-refractivity contribution in [1.82, 2.24) is 0 Å². The van der Waals surface area contributed by atoms with Gasteiger partial charge < -0.3 is 15.5 Å². The summed E-state index contributed by atoms with van der Waals surface area (Å²) in [5, 5.41) is 34.8. The van der Waals surface area contributed by atoms with Gasteiger partial charge in [-0.05, 0) is 17.7 Å². The summed E-state index contributed by atoms with van der Waals surface area (Å²) >= 11 is 6.02. The molecule has 0 amide bonds. The number of benzene rings is 2. The number of nitro benzene ring substituents is 1. The first kappa shape index (κ1) is 18.2. The molecule has 1 aliphatic heterocycles. The van der Waals surface area contributed by atoms with Crippen LogP contribution in [0.4, 0.5) is 11.4 Å². The van der Waals surface area contributed by atoms with Gasteiger partial charge >= 0.3 is 5.97 Å². The third-order valence-corrected chi connectivity index (χ3v) is 5.03. The quantitative estimate of drug-likeness (QED) is 0.547. The molecule has 7 nitrogen and oxygen atoms in total. The van der Waals surface area contributed by atoms with Gasteiger partial charge in [-0.15, -0.1) is 0 Å². The number of aromatic carboxylic acids is 1. The molecule has 3 rings (SSSR count). The molecule has 136 valence electrons. The maximum absolute atomic E-state index is 11.6. The third kappa shape index (κ3) is 2.89. The maximum atomic E-state index is 11.6. The summed E-state index contributed by atoms with van der Waals surface area (Å²) in [4.78, 5) is 22.2. The molecular formula is C18H17ClN2O5. The molecule has 1 heterocycles. The van der Waals surface area contributed by atoms with E-state index < -0.39 is 28.5 Å². The van der Waals surface area contributed by atoms with Crippen LogP contribution in [0.2, 0.25) is 5.02 Å². The predicted octanol–water partition coefficient (Wildman–Crippen LogP) is 4.17. The Morgan fingerprint density at radius 2 is 2.00 bits per heavy atom. The second-order valence-corrected chi connectivity index (χ2v) is 7.31. The zero-order valence-corrected chi connectivity index (χ0v) is 14.8. The van der Waals surface area contributed by atoms with Crippen LogP contribution in [-0.4, -0.2) is 21.1 Å². The number of carbonyl (C=O) groups is 1. The lowest BCUT2D eigenvalue weighted by Crippen LogP contribution is -2.39. The summed E-state index contributed by atoms with van der Waals surface area (Å²) in [7, 11) is 0. The van der Waals surface area contributed by atoms with Crippen molar-refractivity contribution in [2.24, 2.45) is 5.41 Å². The van der Waals surface area contributed by atoms with Crippen molar-refractivity contribution in [2.75, 3.05) is 5.32 Å². The average molecular weight is 377 g/mol. The number of aliphatic hydroxyl groups excluding tert-OH is 1. The van der Waals surface area contributed by atoms with E-state index in [0.29, 0.717) is 11.1 Å². The highest BCUT2D eigenvalue weighted by molar-refractivity contribution is 6.31. The van der Waals surface area contributed by atoms with E-state index in [9.17, 15) is 25.1 Å². The molecule has 26 heavy (non-hydrogen) atoms. The number of rotatable bonds is 3. The van der Waals surface area contributed by atoms with Gasteiger partial charge in [-0.25, -0.2) is 4.79 Å². The third-order valence-electron chi connectivity index (χ3n) is 4.81. The van der Waals surface area contributed by atoms with Gasteiger partial charge in [0.1, 0.15) is 0 Å². The van der Waals surface area contributed by atoms with E-state index >= 15 is 0 Å². The summed E-state index contributed by atoms with van der Waals surface area (Å²) in [5.74, 6) is -1.18. The zero-order chi connectivity index (χ0) is 19.2. The topological polar surface area (TPSA) is 113 Å². The molecule has 0 saturated heterocycles. The molecule has 2 aromatic carbocycles. The van der Waals surface area contributed by atoms with Crippen LogP contribution >= 0.6 is 11.6 Å². The van der Waals surface area contributed by atoms with Gasteiger partial charge in [-0.3, -0.25) is 10.1 Å². The number of halogens is 1. The van der Waals surface area contributed by atoms with Crippen LogP contribution in [-0.2, 0) is 0 Å². The van der Waals surface area contributed by atoms with Crippen molar-refractivity contribution in [3.05, 3.63) is 68.2 Å². The minimum atomic E-state index is -1.18. The number of hydrogen-bond acceptors (Lipinski definition) is 5. The Hall–Kier alpha value is -2.64. The molecule has 0 spiro atoms. The molecule has 1 aliphatic rings. The molecule has 2 atom stereocenters. The Morgan fingerprint density at radius 1 is 1.31 bits per heavy atom. The summed E-state index contributed by atoms with van der Waals surface area (Å²) in [6.07, 6.45) is -1.01. The fourth-order valence-corrected chi connectivity index (χ4v) is 3.62. The summed E-state index contributed by atoms with van der Waals surface area (Å²) in [6.45, 7) is 3.61. The van der Waals surface area contributed by atoms with Crippen LogP contribution < -0.4 is 5.32 Å². The first-order chi connectivity index (χ1) is 12.1. The largest absolute Gasteiger partial charge is 0.478 e. The molecule has 0 aliphatic carbocycles. The van der Waals surface area contributed by atoms with Crippen molar-refractivity contribution >= 4 is 28.9 Å². The zero-order valence-electron chi connectivity index (χ0n) is 14.1. The SMILES string of the molecule is CC1(C)C(O)c2cc(Cl)cc(C(=O)O)c2NC1c1cccc([N+](=O)[O-])c1. The predicted molar refractivity (Wildman–Crippen MR) is 96.6 cm³/mol. The van der Waals surface area contributed by atoms with Gasteiger partial charge in [0.25, 0.3) is 5.69 Å². The number of hydrogen-bond donors (Lipinski definition) is 3. The van der Waals surface area contributed by atoms with Gasteiger partial charge in [0, 0.05) is 28.1 Å². The summed E-state index contributed by atoms with van der Waals surface area (Å²) < 4.78 is 0. The van der Waals surface area contributed by atoms with Crippen molar-refractivity contribution in [2.45, 2.75) is 26.0 Å². The number of carboxylic acids is 1. The molecule has 0 bridgehead atoms. The van der Waals surface area contributed by atoms with Crippen molar-refractivity contribution < 1.29 is 19.9 Å². The molecule has 2 aromatic rings. The monoisotopic (exact) mass is 376 g/mol. The fourth-order valence-electron chi connectivity index (χ4n) is 3.39. The van der Waals surface area contributed by atoms with Crippen molar-refractivity contribution in [3.8, 4) is 0 Å². The molecule has 3 N–H and O–H groups in total. The lowest BCUT2D eigenvalue weighted by Gasteiger charge is -2.45. The highest BCUT2D eigenvalue weighted by atomic mass is 35.5. The van der Waals surface area contributed by atoms with E-state index in [2.05, 4.69) is 5.32 Å². The van der Waals surface area contributed by atoms with Crippen LogP contribution in [0.15, 0.2) is 36.4 Å². The first-order valence-corrected chi connectivity index (χ1v) is 8.26. The number of nitro groups is 1. The number of anilines is 1. The highest BCUT2D eigenvalue weighted by Crippen LogP contribution is 2.52. The lowest BCUT2D eigenvalue weighted by atomic mass is 9.70. The second-order valence-electron chi connectivity index (χ2n) is 6.88. The van der Waals surface area contributed by atoms with Crippen LogP contribution in [0.5, 0.6) is 0 Å². The lowest BCUT2D eigenvalue weighted by molar-refractivity contribution is -0.384. The van der Waals surface area contributed by atoms with Crippen LogP contribution in [0.1, 0.15) is 47.5 Å². The minimum Gasteiger partial charge on any atom is -0.478 e. The molecule has 0 fully saturated rings. The van der Waals surface area contributed by atoms with Crippen molar-refractivity contribution in [1.29, 1.82) is 0 Å². The minimum absolute atomic E-state index is 0.0579. The summed E-state index contributed by atoms with van der Waals surface area (Å²) in [5.41, 5.74) is 0.335. The number of carboxylic acid groups (broad SMARTS) is 1. The molecule has 0 aromatic heterocycles. The first-order valence-electron chi connectivity index (χ1n) is 7.88. The van der Waals surface area contributed by atoms with Crippen LogP contribution in [0, 0.1) is 15.5 Å². The van der Waals surface area contributed by atoms with Gasteiger partial charge in [-0.1, -0.05) is 37.6 Å². The van der Waals surface area contributed by atoms with Gasteiger partial charge in [-0.2, -0.15) is 0 Å². The van der Waals surface area contributed by atoms with E-state index in [1.165, 1.54) is 24.3 Å². The van der Waals surface area contributed by atoms with E-state index in [-0.39, 0.29) is 22.0 Å². The number of nitrogens with zero attached hydrogens (tertiary/aromatic N) is 1. The highest BCUT2D eigenvalue weighted by Gasteiger charge is 2.44. The van der Waals surface area contributed by atoms with Gasteiger partial charge in [0.2, 0.25) is 0 Å². The summed E-state index contributed by atoms with van der Waals surface area (Å²) in [6, 6.07) is 8.38. The van der Waals surface area contributed by atoms with E-state index in [1.54, 1.807) is 26.0 Å². The van der Waals surface area contributed by atoms with Gasteiger partial charge in [0.15, 0.2) is 0 Å². The van der Waals surface area contributed by atoms with Crippen molar-refractivity contribution in [3.63, 3.8) is 0 Å². The Balaban J connectivity index is 2.18. The smallest absolute Gasteiger partial charge is 0.337 e. The van der Waals surface area contributed by atoms with Crippen LogP contribution in [0.25, 0.3) is 0 Å². The average Bonchev–Trinajstić information content (AvgIpc) is 2.58. The van der Waals surface area contributed by atoms with E-state index in [0.717, 1.165) is 0 Å². The molecule has 0 saturated carbocycles. The normalized spacial score (nSPS) is 20.8. The van der Waals surface area contributed by atoms with E-state index in [4.69, 9.17) is 11.6 Å². The Kier molecular flexibility index (Phi) is 4.37. The second kappa shape index (κ2) is 6.26.